The van der Waals surface area contributed by atoms with Gasteiger partial charge in [-0.25, -0.2) is 0 Å². The molecule has 0 saturated heterocycles. The average Bonchev–Trinajstić information content (AvgIpc) is 2.44. The molecular formula is C16H26N2O2. The van der Waals surface area contributed by atoms with Crippen molar-refractivity contribution in [2.75, 3.05) is 13.7 Å². The van der Waals surface area contributed by atoms with E-state index in [0.717, 1.165) is 24.2 Å². The maximum Gasteiger partial charge on any atom is 0.258 e. The van der Waals surface area contributed by atoms with Gasteiger partial charge in [-0.05, 0) is 33.4 Å². The molecular weight excluding hydrogens is 252 g/mol. The molecule has 0 heterocycles. The Bertz CT molecular complexity index is 421. The highest BCUT2D eigenvalue weighted by atomic mass is 16.5. The quantitative estimate of drug-likeness (QED) is 0.768. The van der Waals surface area contributed by atoms with Crippen LogP contribution in [0.25, 0.3) is 0 Å². The Morgan fingerprint density at radius 3 is 2.65 bits per heavy atom. The summed E-state index contributed by atoms with van der Waals surface area (Å²) in [4.78, 5) is 11.8. The molecule has 0 bridgehead atoms. The molecule has 1 aromatic rings. The van der Waals surface area contributed by atoms with E-state index in [1.807, 2.05) is 38.2 Å². The number of rotatable bonds is 8. The van der Waals surface area contributed by atoms with Crippen molar-refractivity contribution in [2.45, 2.75) is 45.7 Å². The smallest absolute Gasteiger partial charge is 0.258 e. The number of hydrogen-bond acceptors (Lipinski definition) is 3. The molecule has 20 heavy (non-hydrogen) atoms. The van der Waals surface area contributed by atoms with Crippen molar-refractivity contribution < 1.29 is 9.53 Å². The van der Waals surface area contributed by atoms with Crippen LogP contribution in [0.15, 0.2) is 24.3 Å². The molecule has 0 fully saturated rings. The normalized spacial score (nSPS) is 13.6. The van der Waals surface area contributed by atoms with E-state index in [9.17, 15) is 4.79 Å². The maximum absolute atomic E-state index is 11.8. The number of para-hydroxylation sites is 1. The fraction of sp³-hybridized carbons (Fsp3) is 0.562. The van der Waals surface area contributed by atoms with Crippen molar-refractivity contribution in [1.82, 2.24) is 10.6 Å². The van der Waals surface area contributed by atoms with Gasteiger partial charge < -0.3 is 15.4 Å². The molecule has 0 radical (unpaired) electrons. The topological polar surface area (TPSA) is 50.4 Å². The molecule has 4 heteroatoms. The second-order valence-electron chi connectivity index (χ2n) is 5.09. The second-order valence-corrected chi connectivity index (χ2v) is 5.09. The Labute approximate surface area is 121 Å². The van der Waals surface area contributed by atoms with Gasteiger partial charge in [0.15, 0.2) is 6.61 Å². The van der Waals surface area contributed by atoms with Gasteiger partial charge in [0, 0.05) is 17.6 Å². The summed E-state index contributed by atoms with van der Waals surface area (Å²) in [6, 6.07) is 8.18. The Kier molecular flexibility index (Phi) is 7.09. The number of carbonyl (C=O) groups is 1. The lowest BCUT2D eigenvalue weighted by atomic mass is 10.1. The molecule has 0 aliphatic heterocycles. The highest BCUT2D eigenvalue weighted by Crippen LogP contribution is 2.24. The van der Waals surface area contributed by atoms with Gasteiger partial charge in [0.2, 0.25) is 0 Å². The summed E-state index contributed by atoms with van der Waals surface area (Å²) in [5, 5.41) is 6.11. The van der Waals surface area contributed by atoms with Crippen LogP contribution in [-0.2, 0) is 4.79 Å². The third-order valence-corrected chi connectivity index (χ3v) is 3.31. The van der Waals surface area contributed by atoms with E-state index < -0.39 is 0 Å². The summed E-state index contributed by atoms with van der Waals surface area (Å²) in [6.07, 6.45) is 2.05. The zero-order chi connectivity index (χ0) is 15.0. The molecule has 0 aromatic heterocycles. The van der Waals surface area contributed by atoms with Gasteiger partial charge in [0.1, 0.15) is 5.75 Å². The van der Waals surface area contributed by atoms with Gasteiger partial charge in [0.25, 0.3) is 5.91 Å². The summed E-state index contributed by atoms with van der Waals surface area (Å²) in [5.74, 6) is 0.686. The average molecular weight is 278 g/mol. The first kappa shape index (κ1) is 16.5. The Balaban J connectivity index is 2.55. The number of amides is 1. The molecule has 0 spiro atoms. The van der Waals surface area contributed by atoms with Crippen molar-refractivity contribution in [2.24, 2.45) is 0 Å². The van der Waals surface area contributed by atoms with Crippen LogP contribution < -0.4 is 15.4 Å². The molecule has 112 valence electrons. The summed E-state index contributed by atoms with van der Waals surface area (Å²) in [6.45, 7) is 6.24. The molecule has 1 aromatic carbocycles. The fourth-order valence-corrected chi connectivity index (χ4v) is 2.09. The first-order valence-corrected chi connectivity index (χ1v) is 7.26. The zero-order valence-corrected chi connectivity index (χ0v) is 12.9. The van der Waals surface area contributed by atoms with E-state index in [1.165, 1.54) is 0 Å². The lowest BCUT2D eigenvalue weighted by Gasteiger charge is -2.17. The summed E-state index contributed by atoms with van der Waals surface area (Å²) in [5.41, 5.74) is 1.06. The summed E-state index contributed by atoms with van der Waals surface area (Å²) >= 11 is 0. The van der Waals surface area contributed by atoms with Crippen LogP contribution in [0, 0.1) is 0 Å². The summed E-state index contributed by atoms with van der Waals surface area (Å²) in [7, 11) is 1.90. The number of ether oxygens (including phenoxy) is 1. The van der Waals surface area contributed by atoms with E-state index in [4.69, 9.17) is 4.74 Å². The molecule has 2 unspecified atom stereocenters. The van der Waals surface area contributed by atoms with Crippen molar-refractivity contribution in [3.63, 3.8) is 0 Å². The van der Waals surface area contributed by atoms with Crippen LogP contribution in [-0.4, -0.2) is 25.6 Å². The molecule has 0 saturated carbocycles. The van der Waals surface area contributed by atoms with E-state index in [1.54, 1.807) is 0 Å². The molecule has 1 rings (SSSR count). The van der Waals surface area contributed by atoms with Crippen LogP contribution >= 0.6 is 0 Å². The molecule has 0 aliphatic rings. The van der Waals surface area contributed by atoms with Gasteiger partial charge in [-0.15, -0.1) is 0 Å². The van der Waals surface area contributed by atoms with Gasteiger partial charge in [-0.3, -0.25) is 4.79 Å². The van der Waals surface area contributed by atoms with Crippen LogP contribution in [0.2, 0.25) is 0 Å². The van der Waals surface area contributed by atoms with Gasteiger partial charge >= 0.3 is 0 Å². The van der Waals surface area contributed by atoms with E-state index in [-0.39, 0.29) is 24.6 Å². The van der Waals surface area contributed by atoms with Crippen LogP contribution in [0.4, 0.5) is 0 Å². The van der Waals surface area contributed by atoms with Crippen molar-refractivity contribution in [3.8, 4) is 5.75 Å². The number of hydrogen-bond donors (Lipinski definition) is 2. The molecule has 1 amide bonds. The predicted molar refractivity (Wildman–Crippen MR) is 81.9 cm³/mol. The van der Waals surface area contributed by atoms with E-state index >= 15 is 0 Å². The third kappa shape index (κ3) is 5.21. The van der Waals surface area contributed by atoms with Crippen molar-refractivity contribution in [1.29, 1.82) is 0 Å². The molecule has 4 nitrogen and oxygen atoms in total. The van der Waals surface area contributed by atoms with Crippen LogP contribution in [0.1, 0.15) is 45.2 Å². The Morgan fingerprint density at radius 2 is 2.00 bits per heavy atom. The number of nitrogens with one attached hydrogen (secondary N) is 2. The lowest BCUT2D eigenvalue weighted by molar-refractivity contribution is -0.123. The van der Waals surface area contributed by atoms with Gasteiger partial charge in [-0.1, -0.05) is 31.5 Å². The highest BCUT2D eigenvalue weighted by Gasteiger charge is 2.11. The molecule has 2 atom stereocenters. The Hall–Kier alpha value is -1.55. The standard InChI is InChI=1S/C16H26N2O2/c1-5-8-12(2)18-16(19)11-20-15-10-7-6-9-14(15)13(3)17-4/h6-7,9-10,12-13,17H,5,8,11H2,1-4H3,(H,18,19). The first-order valence-electron chi connectivity index (χ1n) is 7.26. The van der Waals surface area contributed by atoms with E-state index in [2.05, 4.69) is 24.5 Å². The fourth-order valence-electron chi connectivity index (χ4n) is 2.09. The first-order chi connectivity index (χ1) is 9.58. The largest absolute Gasteiger partial charge is 0.483 e. The van der Waals surface area contributed by atoms with E-state index in [0.29, 0.717) is 0 Å². The van der Waals surface area contributed by atoms with Gasteiger partial charge in [0.05, 0.1) is 0 Å². The zero-order valence-electron chi connectivity index (χ0n) is 12.9. The third-order valence-electron chi connectivity index (χ3n) is 3.31. The van der Waals surface area contributed by atoms with Gasteiger partial charge in [-0.2, -0.15) is 0 Å². The number of benzene rings is 1. The lowest BCUT2D eigenvalue weighted by Crippen LogP contribution is -2.36. The molecule has 0 aliphatic carbocycles. The monoisotopic (exact) mass is 278 g/mol. The van der Waals surface area contributed by atoms with Crippen LogP contribution in [0.3, 0.4) is 0 Å². The Morgan fingerprint density at radius 1 is 1.30 bits per heavy atom. The van der Waals surface area contributed by atoms with Crippen molar-refractivity contribution in [3.05, 3.63) is 29.8 Å². The minimum absolute atomic E-state index is 0.0570. The number of carbonyl (C=O) groups excluding carboxylic acids is 1. The second kappa shape index (κ2) is 8.59. The highest BCUT2D eigenvalue weighted by molar-refractivity contribution is 5.77. The van der Waals surface area contributed by atoms with Crippen LogP contribution in [0.5, 0.6) is 5.75 Å². The maximum atomic E-state index is 11.8. The van der Waals surface area contributed by atoms with Crippen molar-refractivity contribution >= 4 is 5.91 Å². The minimum Gasteiger partial charge on any atom is -0.483 e. The SMILES string of the molecule is CCCC(C)NC(=O)COc1ccccc1C(C)NC. The predicted octanol–water partition coefficient (Wildman–Crippen LogP) is 2.65. The minimum atomic E-state index is -0.0714. The summed E-state index contributed by atoms with van der Waals surface area (Å²) < 4.78 is 5.65. The molecule has 2 N–H and O–H groups in total.